The van der Waals surface area contributed by atoms with Gasteiger partial charge in [0.25, 0.3) is 0 Å². The molecule has 1 aliphatic heterocycles. The molecule has 0 amide bonds. The number of nitrogens with zero attached hydrogens (tertiary/aromatic N) is 6. The predicted octanol–water partition coefficient (Wildman–Crippen LogP) is 2.87. The van der Waals surface area contributed by atoms with Gasteiger partial charge >= 0.3 is 0 Å². The van der Waals surface area contributed by atoms with Crippen LogP contribution in [0.25, 0.3) is 11.4 Å². The number of ether oxygens (including phenoxy) is 1. The SMILES string of the molecule is Cn1cc(CCCSc2nnc(-c3ccc(F)cc3)n2CCN2CCOCC2)cn1. The topological polar surface area (TPSA) is 61.0 Å². The van der Waals surface area contributed by atoms with Crippen molar-refractivity contribution >= 4 is 11.8 Å². The van der Waals surface area contributed by atoms with Crippen molar-refractivity contribution in [2.45, 2.75) is 24.5 Å². The minimum atomic E-state index is -0.247. The first kappa shape index (κ1) is 21.0. The Kier molecular flexibility index (Phi) is 7.14. The van der Waals surface area contributed by atoms with Gasteiger partial charge in [0.15, 0.2) is 11.0 Å². The Morgan fingerprint density at radius 3 is 2.63 bits per heavy atom. The van der Waals surface area contributed by atoms with Crippen molar-refractivity contribution in [3.8, 4) is 11.4 Å². The van der Waals surface area contributed by atoms with Crippen molar-refractivity contribution in [2.24, 2.45) is 7.05 Å². The summed E-state index contributed by atoms with van der Waals surface area (Å²) in [5.41, 5.74) is 2.13. The van der Waals surface area contributed by atoms with E-state index in [0.717, 1.165) is 74.5 Å². The molecule has 0 saturated carbocycles. The van der Waals surface area contributed by atoms with E-state index in [1.165, 1.54) is 17.7 Å². The van der Waals surface area contributed by atoms with Crippen molar-refractivity contribution in [1.29, 1.82) is 0 Å². The van der Waals surface area contributed by atoms with Gasteiger partial charge in [-0.25, -0.2) is 4.39 Å². The van der Waals surface area contributed by atoms with Gasteiger partial charge in [-0.3, -0.25) is 9.58 Å². The molecule has 0 bridgehead atoms. The summed E-state index contributed by atoms with van der Waals surface area (Å²) in [4.78, 5) is 2.40. The van der Waals surface area contributed by atoms with Crippen LogP contribution in [0.4, 0.5) is 4.39 Å². The van der Waals surface area contributed by atoms with E-state index in [4.69, 9.17) is 4.74 Å². The van der Waals surface area contributed by atoms with E-state index in [2.05, 4.69) is 31.0 Å². The molecule has 1 fully saturated rings. The van der Waals surface area contributed by atoms with E-state index in [1.54, 1.807) is 23.9 Å². The highest BCUT2D eigenvalue weighted by Crippen LogP contribution is 2.25. The third-order valence-electron chi connectivity index (χ3n) is 5.16. The monoisotopic (exact) mass is 430 g/mol. The summed E-state index contributed by atoms with van der Waals surface area (Å²) in [7, 11) is 1.94. The first-order valence-corrected chi connectivity index (χ1v) is 11.3. The molecule has 7 nitrogen and oxygen atoms in total. The quantitative estimate of drug-likeness (QED) is 0.384. The van der Waals surface area contributed by atoms with E-state index in [0.29, 0.717) is 0 Å². The number of aromatic nitrogens is 5. The molecule has 30 heavy (non-hydrogen) atoms. The zero-order valence-corrected chi connectivity index (χ0v) is 18.0. The third-order valence-corrected chi connectivity index (χ3v) is 6.22. The fraction of sp³-hybridized carbons (Fsp3) is 0.476. The number of aryl methyl sites for hydroxylation is 2. The molecule has 0 aliphatic carbocycles. The number of morpholine rings is 1. The Labute approximate surface area is 180 Å². The molecule has 1 aliphatic rings. The number of thioether (sulfide) groups is 1. The van der Waals surface area contributed by atoms with Crippen LogP contribution in [-0.4, -0.2) is 68.0 Å². The Bertz CT molecular complexity index is 935. The number of hydrogen-bond acceptors (Lipinski definition) is 6. The molecule has 3 aromatic rings. The second-order valence-electron chi connectivity index (χ2n) is 7.39. The van der Waals surface area contributed by atoms with Gasteiger partial charge in [-0.05, 0) is 42.7 Å². The molecule has 160 valence electrons. The molecule has 0 radical (unpaired) electrons. The van der Waals surface area contributed by atoms with Gasteiger partial charge in [0, 0.05) is 50.7 Å². The van der Waals surface area contributed by atoms with Crippen LogP contribution < -0.4 is 0 Å². The average Bonchev–Trinajstić information content (AvgIpc) is 3.37. The molecule has 0 unspecified atom stereocenters. The van der Waals surface area contributed by atoms with Crippen LogP contribution in [0, 0.1) is 5.82 Å². The summed E-state index contributed by atoms with van der Waals surface area (Å²) >= 11 is 1.72. The molecule has 0 atom stereocenters. The number of benzene rings is 1. The third kappa shape index (κ3) is 5.47. The van der Waals surface area contributed by atoms with Crippen LogP contribution in [0.1, 0.15) is 12.0 Å². The van der Waals surface area contributed by atoms with E-state index >= 15 is 0 Å². The second-order valence-corrected chi connectivity index (χ2v) is 8.46. The lowest BCUT2D eigenvalue weighted by Crippen LogP contribution is -2.38. The molecular formula is C21H27FN6OS. The van der Waals surface area contributed by atoms with Gasteiger partial charge in [-0.2, -0.15) is 5.10 Å². The van der Waals surface area contributed by atoms with Gasteiger partial charge in [-0.15, -0.1) is 10.2 Å². The molecule has 3 heterocycles. The summed E-state index contributed by atoms with van der Waals surface area (Å²) in [6.45, 7) is 5.17. The summed E-state index contributed by atoms with van der Waals surface area (Å²) in [5, 5.41) is 14.0. The van der Waals surface area contributed by atoms with Crippen molar-refractivity contribution in [2.75, 3.05) is 38.6 Å². The molecule has 2 aromatic heterocycles. The van der Waals surface area contributed by atoms with Crippen molar-refractivity contribution in [1.82, 2.24) is 29.4 Å². The zero-order valence-electron chi connectivity index (χ0n) is 17.2. The average molecular weight is 431 g/mol. The maximum Gasteiger partial charge on any atom is 0.191 e. The maximum atomic E-state index is 13.4. The van der Waals surface area contributed by atoms with E-state index in [9.17, 15) is 4.39 Å². The molecule has 4 rings (SSSR count). The predicted molar refractivity (Wildman–Crippen MR) is 115 cm³/mol. The van der Waals surface area contributed by atoms with E-state index in [1.807, 2.05) is 17.9 Å². The molecule has 0 spiro atoms. The van der Waals surface area contributed by atoms with Crippen molar-refractivity contribution < 1.29 is 9.13 Å². The van der Waals surface area contributed by atoms with Crippen LogP contribution in [0.5, 0.6) is 0 Å². The van der Waals surface area contributed by atoms with Crippen LogP contribution in [-0.2, 0) is 24.8 Å². The summed E-state index contributed by atoms with van der Waals surface area (Å²) in [5.74, 6) is 1.50. The standard InChI is InChI=1S/C21H27FN6OS/c1-26-16-17(15-23-26)3-2-14-30-21-25-24-20(18-4-6-19(22)7-5-18)28(21)9-8-27-10-12-29-13-11-27/h4-7,15-16H,2-3,8-14H2,1H3. The lowest BCUT2D eigenvalue weighted by molar-refractivity contribution is 0.0361. The summed E-state index contributed by atoms with van der Waals surface area (Å²) in [6.07, 6.45) is 6.01. The van der Waals surface area contributed by atoms with Gasteiger partial charge in [-0.1, -0.05) is 11.8 Å². The fourth-order valence-corrected chi connectivity index (χ4v) is 4.42. The van der Waals surface area contributed by atoms with Gasteiger partial charge in [0.2, 0.25) is 0 Å². The fourth-order valence-electron chi connectivity index (χ4n) is 3.52. The first-order valence-electron chi connectivity index (χ1n) is 10.3. The highest BCUT2D eigenvalue weighted by Gasteiger charge is 2.17. The molecule has 9 heteroatoms. The van der Waals surface area contributed by atoms with E-state index < -0.39 is 0 Å². The summed E-state index contributed by atoms with van der Waals surface area (Å²) in [6, 6.07) is 6.47. The minimum Gasteiger partial charge on any atom is -0.379 e. The Morgan fingerprint density at radius 1 is 1.10 bits per heavy atom. The number of hydrogen-bond donors (Lipinski definition) is 0. The summed E-state index contributed by atoms with van der Waals surface area (Å²) < 4.78 is 22.8. The molecule has 0 N–H and O–H groups in total. The zero-order chi connectivity index (χ0) is 20.8. The van der Waals surface area contributed by atoms with Gasteiger partial charge in [0.05, 0.1) is 19.4 Å². The Balaban J connectivity index is 1.43. The van der Waals surface area contributed by atoms with Crippen LogP contribution in [0.3, 0.4) is 0 Å². The number of rotatable bonds is 9. The largest absolute Gasteiger partial charge is 0.379 e. The Morgan fingerprint density at radius 2 is 1.90 bits per heavy atom. The second kappa shape index (κ2) is 10.2. The lowest BCUT2D eigenvalue weighted by atomic mass is 10.2. The van der Waals surface area contributed by atoms with E-state index in [-0.39, 0.29) is 5.82 Å². The van der Waals surface area contributed by atoms with Crippen molar-refractivity contribution in [3.05, 3.63) is 48.0 Å². The van der Waals surface area contributed by atoms with Gasteiger partial charge < -0.3 is 9.30 Å². The normalized spacial score (nSPS) is 15.0. The molecular weight excluding hydrogens is 403 g/mol. The maximum absolute atomic E-state index is 13.4. The smallest absolute Gasteiger partial charge is 0.191 e. The first-order chi connectivity index (χ1) is 14.7. The van der Waals surface area contributed by atoms with Crippen LogP contribution in [0.15, 0.2) is 41.8 Å². The Hall–Kier alpha value is -2.23. The lowest BCUT2D eigenvalue weighted by Gasteiger charge is -2.27. The molecule has 1 saturated heterocycles. The molecule has 1 aromatic carbocycles. The van der Waals surface area contributed by atoms with Crippen LogP contribution in [0.2, 0.25) is 0 Å². The highest BCUT2D eigenvalue weighted by atomic mass is 32.2. The minimum absolute atomic E-state index is 0.247. The van der Waals surface area contributed by atoms with Crippen molar-refractivity contribution in [3.63, 3.8) is 0 Å². The van der Waals surface area contributed by atoms with Crippen LogP contribution >= 0.6 is 11.8 Å². The van der Waals surface area contributed by atoms with Gasteiger partial charge in [0.1, 0.15) is 5.82 Å². The number of halogens is 1. The highest BCUT2D eigenvalue weighted by molar-refractivity contribution is 7.99.